The molecule has 1 fully saturated rings. The van der Waals surface area contributed by atoms with Crippen LogP contribution in [-0.4, -0.2) is 70.7 Å². The molecule has 1 saturated heterocycles. The van der Waals surface area contributed by atoms with E-state index in [0.29, 0.717) is 60.4 Å². The van der Waals surface area contributed by atoms with E-state index in [0.717, 1.165) is 30.5 Å². The van der Waals surface area contributed by atoms with Crippen molar-refractivity contribution < 1.29 is 23.8 Å². The summed E-state index contributed by atoms with van der Waals surface area (Å²) in [6, 6.07) is 6.54. The first-order chi connectivity index (χ1) is 18.5. The van der Waals surface area contributed by atoms with Crippen LogP contribution in [0.25, 0.3) is 0 Å². The van der Waals surface area contributed by atoms with Crippen LogP contribution in [0.1, 0.15) is 44.1 Å². The summed E-state index contributed by atoms with van der Waals surface area (Å²) in [5.74, 6) is 0.728. The molecule has 2 amide bonds. The fourth-order valence-corrected chi connectivity index (χ4v) is 5.28. The summed E-state index contributed by atoms with van der Waals surface area (Å²) >= 11 is 0. The lowest BCUT2D eigenvalue weighted by Gasteiger charge is -2.21. The molecule has 38 heavy (non-hydrogen) atoms. The molecule has 12 heteroatoms. The number of hydrogen-bond donors (Lipinski definition) is 2. The summed E-state index contributed by atoms with van der Waals surface area (Å²) in [5.41, 5.74) is 9.30. The number of primary amides is 1. The highest BCUT2D eigenvalue weighted by Gasteiger charge is 2.38. The topological polar surface area (TPSA) is 147 Å². The quantitative estimate of drug-likeness (QED) is 0.514. The smallest absolute Gasteiger partial charge is 0.252 e. The van der Waals surface area contributed by atoms with Crippen LogP contribution in [0.4, 0.5) is 5.82 Å². The van der Waals surface area contributed by atoms with Gasteiger partial charge in [0.2, 0.25) is 0 Å². The van der Waals surface area contributed by atoms with Crippen LogP contribution < -0.4 is 25.4 Å². The van der Waals surface area contributed by atoms with Crippen LogP contribution in [0.15, 0.2) is 30.5 Å². The normalized spacial score (nSPS) is 21.0. The Kier molecular flexibility index (Phi) is 6.32. The van der Waals surface area contributed by atoms with E-state index in [2.05, 4.69) is 15.6 Å². The molecule has 2 aliphatic heterocycles. The number of aromatic nitrogens is 4. The van der Waals surface area contributed by atoms with Gasteiger partial charge in [-0.2, -0.15) is 0 Å². The van der Waals surface area contributed by atoms with Crippen molar-refractivity contribution >= 4 is 17.6 Å². The number of carbonyl (C=O) groups excluding carboxylic acids is 2. The molecule has 0 spiro atoms. The average Bonchev–Trinajstić information content (AvgIpc) is 3.66. The Morgan fingerprint density at radius 1 is 1.24 bits per heavy atom. The maximum atomic E-state index is 13.3. The van der Waals surface area contributed by atoms with Crippen molar-refractivity contribution in [2.45, 2.75) is 44.6 Å². The summed E-state index contributed by atoms with van der Waals surface area (Å²) < 4.78 is 19.3. The van der Waals surface area contributed by atoms with Crippen LogP contribution >= 0.6 is 0 Å². The Bertz CT molecular complexity index is 1390. The Balaban J connectivity index is 1.33. The average molecular weight is 520 g/mol. The van der Waals surface area contributed by atoms with E-state index in [1.165, 1.54) is 0 Å². The fourth-order valence-electron chi connectivity index (χ4n) is 5.28. The lowest BCUT2D eigenvalue weighted by Crippen LogP contribution is -2.44. The van der Waals surface area contributed by atoms with Gasteiger partial charge in [0, 0.05) is 24.3 Å². The first-order valence-corrected chi connectivity index (χ1v) is 12.7. The monoisotopic (exact) mass is 519 g/mol. The predicted octanol–water partition coefficient (Wildman–Crippen LogP) is 0.866. The minimum absolute atomic E-state index is 0.216. The molecular weight excluding hydrogens is 490 g/mol. The first kappa shape index (κ1) is 24.2. The standard InChI is InChI=1S/C26H29N7O5/c1-36-21-6-5-16-10-22(21)37-8-7-33-11-17(30-31-33)14-38-23-13-32(12-20(23)29-26(16)35)25-18(24(27)34)9-15-3-2-4-19(15)28-25/h5-6,9-11,20,23H,2-4,7-8,12-14H2,1H3,(H2,27,34)(H,29,35)/t20-,23-/m0/s1. The molecule has 0 unspecified atom stereocenters. The molecule has 1 aromatic carbocycles. The molecule has 2 atom stereocenters. The molecule has 12 nitrogen and oxygen atoms in total. The van der Waals surface area contributed by atoms with Crippen molar-refractivity contribution in [3.05, 3.63) is 58.5 Å². The van der Waals surface area contributed by atoms with Gasteiger partial charge in [0.15, 0.2) is 11.5 Å². The van der Waals surface area contributed by atoms with Crippen LogP contribution in [0, 0.1) is 0 Å². The highest BCUT2D eigenvalue weighted by Crippen LogP contribution is 2.31. The minimum Gasteiger partial charge on any atom is -0.493 e. The molecule has 6 rings (SSSR count). The molecular formula is C26H29N7O5. The van der Waals surface area contributed by atoms with E-state index in [1.54, 1.807) is 30.0 Å². The van der Waals surface area contributed by atoms with Crippen LogP contribution in [-0.2, 0) is 30.7 Å². The number of fused-ring (bicyclic) bond motifs is 6. The highest BCUT2D eigenvalue weighted by atomic mass is 16.5. The zero-order valence-electron chi connectivity index (χ0n) is 21.1. The summed E-state index contributed by atoms with van der Waals surface area (Å²) in [7, 11) is 1.55. The van der Waals surface area contributed by atoms with E-state index in [4.69, 9.17) is 24.9 Å². The number of hydrogen-bond acceptors (Lipinski definition) is 9. The van der Waals surface area contributed by atoms with Crippen molar-refractivity contribution in [2.75, 3.05) is 31.7 Å². The van der Waals surface area contributed by atoms with Crippen LogP contribution in [0.2, 0.25) is 0 Å². The second-order valence-corrected chi connectivity index (χ2v) is 9.70. The van der Waals surface area contributed by atoms with Gasteiger partial charge in [-0.15, -0.1) is 5.10 Å². The van der Waals surface area contributed by atoms with Crippen molar-refractivity contribution in [1.29, 1.82) is 0 Å². The number of carbonyl (C=O) groups is 2. The maximum Gasteiger partial charge on any atom is 0.252 e. The van der Waals surface area contributed by atoms with Crippen molar-refractivity contribution in [1.82, 2.24) is 25.3 Å². The number of nitrogens with two attached hydrogens (primary N) is 1. The van der Waals surface area contributed by atoms with Gasteiger partial charge in [0.05, 0.1) is 44.2 Å². The molecule has 0 saturated carbocycles. The van der Waals surface area contributed by atoms with Gasteiger partial charge in [-0.3, -0.25) is 9.59 Å². The molecule has 198 valence electrons. The largest absolute Gasteiger partial charge is 0.493 e. The van der Waals surface area contributed by atoms with E-state index >= 15 is 0 Å². The van der Waals surface area contributed by atoms with E-state index < -0.39 is 5.91 Å². The van der Waals surface area contributed by atoms with Gasteiger partial charge in [-0.1, -0.05) is 5.21 Å². The molecule has 1 aliphatic carbocycles. The van der Waals surface area contributed by atoms with E-state index in [9.17, 15) is 9.59 Å². The molecule has 2 aromatic heterocycles. The number of pyridine rings is 1. The third kappa shape index (κ3) is 4.62. The van der Waals surface area contributed by atoms with Gasteiger partial charge in [0.25, 0.3) is 11.8 Å². The number of benzene rings is 1. The Hall–Kier alpha value is -4.19. The summed E-state index contributed by atoms with van der Waals surface area (Å²) in [5, 5.41) is 11.5. The third-order valence-electron chi connectivity index (χ3n) is 7.21. The van der Waals surface area contributed by atoms with E-state index in [-0.39, 0.29) is 24.7 Å². The molecule has 4 heterocycles. The Morgan fingerprint density at radius 3 is 2.97 bits per heavy atom. The van der Waals surface area contributed by atoms with Gasteiger partial charge in [-0.25, -0.2) is 9.67 Å². The zero-order chi connectivity index (χ0) is 26.2. The number of ether oxygens (including phenoxy) is 3. The van der Waals surface area contributed by atoms with Crippen LogP contribution in [0.5, 0.6) is 11.5 Å². The highest BCUT2D eigenvalue weighted by molar-refractivity contribution is 5.98. The second-order valence-electron chi connectivity index (χ2n) is 9.70. The van der Waals surface area contributed by atoms with Gasteiger partial charge in [-0.05, 0) is 49.1 Å². The number of anilines is 1. The first-order valence-electron chi connectivity index (χ1n) is 12.7. The van der Waals surface area contributed by atoms with Crippen molar-refractivity contribution in [2.24, 2.45) is 5.73 Å². The number of methoxy groups -OCH3 is 1. The zero-order valence-corrected chi connectivity index (χ0v) is 21.1. The number of nitrogens with zero attached hydrogens (tertiary/aromatic N) is 5. The molecule has 0 radical (unpaired) electrons. The Labute approximate surface area is 219 Å². The van der Waals surface area contributed by atoms with Gasteiger partial charge >= 0.3 is 0 Å². The second kappa shape index (κ2) is 9.93. The lowest BCUT2D eigenvalue weighted by molar-refractivity contribution is 0.0347. The lowest BCUT2D eigenvalue weighted by atomic mass is 10.1. The summed E-state index contributed by atoms with van der Waals surface area (Å²) in [4.78, 5) is 32.5. The minimum atomic E-state index is -0.524. The SMILES string of the molecule is COc1ccc2cc1OCCn1cc(nn1)CO[C@H]1CN(c3nc4c(cc3C(N)=O)CCC4)C[C@@H]1NC2=O. The third-order valence-corrected chi connectivity index (χ3v) is 7.21. The van der Waals surface area contributed by atoms with Gasteiger partial charge < -0.3 is 30.2 Å². The van der Waals surface area contributed by atoms with E-state index in [1.807, 2.05) is 17.2 Å². The number of nitrogens with one attached hydrogen (secondary N) is 1. The van der Waals surface area contributed by atoms with Crippen LogP contribution in [0.3, 0.4) is 0 Å². The summed E-state index contributed by atoms with van der Waals surface area (Å²) in [6.45, 7) is 1.82. The molecule has 4 bridgehead atoms. The summed E-state index contributed by atoms with van der Waals surface area (Å²) in [6.07, 6.45) is 4.18. The number of amides is 2. The Morgan fingerprint density at radius 2 is 2.13 bits per heavy atom. The fraction of sp³-hybridized carbons (Fsp3) is 0.423. The molecule has 3 N–H and O–H groups in total. The number of aryl methyl sites for hydroxylation is 2. The van der Waals surface area contributed by atoms with Crippen molar-refractivity contribution in [3.8, 4) is 11.5 Å². The maximum absolute atomic E-state index is 13.3. The predicted molar refractivity (Wildman–Crippen MR) is 135 cm³/mol. The molecule has 3 aromatic rings. The number of rotatable bonds is 3. The van der Waals surface area contributed by atoms with Crippen molar-refractivity contribution in [3.63, 3.8) is 0 Å². The van der Waals surface area contributed by atoms with Gasteiger partial charge in [0.1, 0.15) is 18.1 Å². The molecule has 3 aliphatic rings.